The standard InChI is InChI=1S/C15H9B2.2Y/c1-3-5-11-7-13-8-14(16)10(4-2)6-12(13)9-15(11)17;;/h2-5,8-9H,1H3;;/q-3;;/b5-3-;;. The molecule has 19 heavy (non-hydrogen) atoms. The Labute approximate surface area is 168 Å². The summed E-state index contributed by atoms with van der Waals surface area (Å²) in [6.45, 7) is 7.40. The van der Waals surface area contributed by atoms with Gasteiger partial charge in [-0.2, -0.15) is 23.0 Å². The van der Waals surface area contributed by atoms with Gasteiger partial charge >= 0.3 is 0 Å². The minimum atomic E-state index is 0. The van der Waals surface area contributed by atoms with Crippen molar-refractivity contribution in [3.05, 3.63) is 48.0 Å². The van der Waals surface area contributed by atoms with Gasteiger partial charge in [0.15, 0.2) is 0 Å². The van der Waals surface area contributed by atoms with E-state index in [-0.39, 0.29) is 65.4 Å². The second kappa shape index (κ2) is 8.73. The van der Waals surface area contributed by atoms with Gasteiger partial charge < -0.3 is 12.7 Å². The van der Waals surface area contributed by atoms with E-state index >= 15 is 0 Å². The summed E-state index contributed by atoms with van der Waals surface area (Å²) in [6.07, 6.45) is 5.27. The van der Waals surface area contributed by atoms with Gasteiger partial charge in [0.2, 0.25) is 0 Å². The van der Waals surface area contributed by atoms with Crippen molar-refractivity contribution in [3.8, 4) is 0 Å². The molecule has 0 spiro atoms. The van der Waals surface area contributed by atoms with Crippen LogP contribution in [0.5, 0.6) is 0 Å². The first-order valence-electron chi connectivity index (χ1n) is 5.30. The summed E-state index contributed by atoms with van der Waals surface area (Å²) in [6, 6.07) is 10.0. The van der Waals surface area contributed by atoms with Crippen LogP contribution in [0.2, 0.25) is 0 Å². The van der Waals surface area contributed by atoms with Crippen molar-refractivity contribution in [2.45, 2.75) is 6.92 Å². The van der Waals surface area contributed by atoms with Crippen LogP contribution in [0.1, 0.15) is 18.1 Å². The summed E-state index contributed by atoms with van der Waals surface area (Å²) in [5.74, 6) is 0. The number of benzene rings is 2. The topological polar surface area (TPSA) is 0 Å². The average molecular weight is 389 g/mol. The molecule has 0 aliphatic rings. The van der Waals surface area contributed by atoms with Crippen LogP contribution in [0.3, 0.4) is 0 Å². The molecule has 0 aliphatic carbocycles. The molecule has 0 nitrogen and oxygen atoms in total. The summed E-state index contributed by atoms with van der Waals surface area (Å²) in [4.78, 5) is 0. The largest absolute Gasteiger partial charge is 0.334 e. The van der Waals surface area contributed by atoms with Gasteiger partial charge in [-0.1, -0.05) is 6.92 Å². The van der Waals surface area contributed by atoms with Gasteiger partial charge in [-0.05, 0) is 0 Å². The molecule has 0 unspecified atom stereocenters. The maximum Gasteiger partial charge on any atom is 0.0389 e. The van der Waals surface area contributed by atoms with Crippen LogP contribution in [0, 0.1) is 18.7 Å². The first kappa shape index (κ1) is 19.5. The monoisotopic (exact) mass is 389 g/mol. The van der Waals surface area contributed by atoms with Crippen molar-refractivity contribution in [1.82, 2.24) is 0 Å². The van der Waals surface area contributed by atoms with Crippen molar-refractivity contribution in [2.24, 2.45) is 0 Å². The van der Waals surface area contributed by atoms with Gasteiger partial charge in [-0.15, -0.1) is 17.7 Å². The number of rotatable bonds is 2. The SMILES string of the molecule is [B]c1cc2[c-]c(/C=C\C)c([B])cc2[c-]c1C=[CH-].[Y].[Y]. The molecule has 4 heteroatoms. The number of fused-ring (bicyclic) bond motifs is 1. The Hall–Kier alpha value is 0.518. The molecule has 84 valence electrons. The molecule has 2 aromatic carbocycles. The van der Waals surface area contributed by atoms with Crippen LogP contribution < -0.4 is 10.9 Å². The Bertz CT molecular complexity index is 619. The van der Waals surface area contributed by atoms with Crippen LogP contribution in [0.25, 0.3) is 22.9 Å². The van der Waals surface area contributed by atoms with E-state index in [9.17, 15) is 0 Å². The molecular formula is C15H9B2Y2-3. The zero-order valence-electron chi connectivity index (χ0n) is 10.8. The summed E-state index contributed by atoms with van der Waals surface area (Å²) in [7, 11) is 11.8. The second-order valence-electron chi connectivity index (χ2n) is 3.77. The zero-order valence-corrected chi connectivity index (χ0v) is 16.5. The molecule has 0 saturated heterocycles. The van der Waals surface area contributed by atoms with Gasteiger partial charge in [-0.25, -0.2) is 11.5 Å². The van der Waals surface area contributed by atoms with Crippen molar-refractivity contribution >= 4 is 49.5 Å². The van der Waals surface area contributed by atoms with Crippen LogP contribution in [0.15, 0.2) is 18.2 Å². The molecule has 0 atom stereocenters. The first-order chi connectivity index (χ1) is 8.15. The van der Waals surface area contributed by atoms with E-state index in [0.29, 0.717) is 16.5 Å². The van der Waals surface area contributed by atoms with Crippen molar-refractivity contribution in [1.29, 1.82) is 0 Å². The maximum absolute atomic E-state index is 5.93. The van der Waals surface area contributed by atoms with E-state index in [0.717, 1.165) is 16.3 Å². The normalized spacial score (nSPS) is 9.95. The first-order valence-corrected chi connectivity index (χ1v) is 5.30. The van der Waals surface area contributed by atoms with Crippen LogP contribution in [-0.4, -0.2) is 15.7 Å². The van der Waals surface area contributed by atoms with Crippen molar-refractivity contribution in [2.75, 3.05) is 0 Å². The molecular weight excluding hydrogens is 380 g/mol. The second-order valence-corrected chi connectivity index (χ2v) is 3.77. The van der Waals surface area contributed by atoms with Gasteiger partial charge in [0.1, 0.15) is 0 Å². The molecule has 0 amide bonds. The van der Waals surface area contributed by atoms with Gasteiger partial charge in [0, 0.05) is 81.1 Å². The predicted molar refractivity (Wildman–Crippen MR) is 75.9 cm³/mol. The van der Waals surface area contributed by atoms with E-state index in [4.69, 9.17) is 22.3 Å². The Morgan fingerprint density at radius 2 is 1.47 bits per heavy atom. The van der Waals surface area contributed by atoms with Gasteiger partial charge in [-0.3, -0.25) is 17.1 Å². The molecule has 0 saturated carbocycles. The van der Waals surface area contributed by atoms with Crippen molar-refractivity contribution < 1.29 is 65.4 Å². The van der Waals surface area contributed by atoms with Crippen LogP contribution in [0.4, 0.5) is 0 Å². The molecule has 2 aromatic rings. The van der Waals surface area contributed by atoms with E-state index in [2.05, 4.69) is 12.1 Å². The fourth-order valence-corrected chi connectivity index (χ4v) is 1.71. The number of hydrogen-bond acceptors (Lipinski definition) is 0. The summed E-state index contributed by atoms with van der Waals surface area (Å²) in [5.41, 5.74) is 2.80. The molecule has 0 fully saturated rings. The van der Waals surface area contributed by atoms with Crippen LogP contribution >= 0.6 is 0 Å². The number of hydrogen-bond donors (Lipinski definition) is 0. The Kier molecular flexibility index (Phi) is 8.96. The van der Waals surface area contributed by atoms with Gasteiger partial charge in [0.25, 0.3) is 0 Å². The fraction of sp³-hybridized carbons (Fsp3) is 0.0667. The zero-order chi connectivity index (χ0) is 12.4. The Morgan fingerprint density at radius 3 is 1.95 bits per heavy atom. The summed E-state index contributed by atoms with van der Waals surface area (Å²) < 4.78 is 0. The maximum atomic E-state index is 5.93. The number of allylic oxidation sites excluding steroid dienone is 1. The molecule has 0 N–H and O–H groups in total. The minimum absolute atomic E-state index is 0. The summed E-state index contributed by atoms with van der Waals surface area (Å²) >= 11 is 0. The smallest absolute Gasteiger partial charge is 0.0389 e. The fourth-order valence-electron chi connectivity index (χ4n) is 1.71. The molecule has 0 heterocycles. The van der Waals surface area contributed by atoms with E-state index in [1.165, 1.54) is 6.08 Å². The third-order valence-corrected chi connectivity index (χ3v) is 2.55. The molecule has 0 bridgehead atoms. The van der Waals surface area contributed by atoms with Gasteiger partial charge in [0.05, 0.1) is 0 Å². The van der Waals surface area contributed by atoms with E-state index < -0.39 is 0 Å². The van der Waals surface area contributed by atoms with Crippen molar-refractivity contribution in [3.63, 3.8) is 0 Å². The molecule has 2 rings (SSSR count). The van der Waals surface area contributed by atoms with E-state index in [1.54, 1.807) is 0 Å². The Balaban J connectivity index is 0.00000162. The minimum Gasteiger partial charge on any atom is -0.334 e. The summed E-state index contributed by atoms with van der Waals surface area (Å²) in [5, 5.41) is 1.75. The third-order valence-electron chi connectivity index (χ3n) is 2.55. The average Bonchev–Trinajstić information content (AvgIpc) is 2.30. The Morgan fingerprint density at radius 1 is 1.00 bits per heavy atom. The molecule has 6 radical (unpaired) electrons. The van der Waals surface area contributed by atoms with Crippen LogP contribution in [-0.2, 0) is 65.4 Å². The quantitative estimate of drug-likeness (QED) is 0.540. The predicted octanol–water partition coefficient (Wildman–Crippen LogP) is 1.50. The molecule has 0 aliphatic heterocycles. The van der Waals surface area contributed by atoms with E-state index in [1.807, 2.05) is 31.2 Å². The third kappa shape index (κ3) is 4.50. The molecule has 0 aromatic heterocycles.